The molecule has 1 amide bonds. The maximum Gasteiger partial charge on any atom is 0.278 e. The number of hydrogen-bond acceptors (Lipinski definition) is 6. The third-order valence-corrected chi connectivity index (χ3v) is 3.76. The first kappa shape index (κ1) is 17.5. The van der Waals surface area contributed by atoms with E-state index in [1.807, 2.05) is 12.1 Å². The summed E-state index contributed by atoms with van der Waals surface area (Å²) in [7, 11) is 1.58. The van der Waals surface area contributed by atoms with Crippen molar-refractivity contribution in [3.05, 3.63) is 38.5 Å². The summed E-state index contributed by atoms with van der Waals surface area (Å²) in [4.78, 5) is 11.6. The van der Waals surface area contributed by atoms with Crippen LogP contribution in [0.25, 0.3) is 0 Å². The van der Waals surface area contributed by atoms with Gasteiger partial charge >= 0.3 is 0 Å². The van der Waals surface area contributed by atoms with Crippen molar-refractivity contribution in [2.75, 3.05) is 13.7 Å². The molecular weight excluding hydrogens is 434 g/mol. The van der Waals surface area contributed by atoms with Crippen LogP contribution in [0, 0.1) is 6.92 Å². The molecule has 0 fully saturated rings. The number of ether oxygens (including phenoxy) is 2. The van der Waals surface area contributed by atoms with Crippen molar-refractivity contribution >= 4 is 44.0 Å². The zero-order valence-electron chi connectivity index (χ0n) is 12.3. The molecule has 122 valence electrons. The predicted octanol–water partition coefficient (Wildman–Crippen LogP) is 3.05. The number of amides is 1. The molecule has 0 aliphatic heterocycles. The number of halogens is 2. The van der Waals surface area contributed by atoms with E-state index in [1.54, 1.807) is 20.1 Å². The molecule has 1 N–H and O–H groups in total. The second kappa shape index (κ2) is 8.11. The van der Waals surface area contributed by atoms with Crippen molar-refractivity contribution < 1.29 is 18.8 Å². The molecule has 23 heavy (non-hydrogen) atoms. The van der Waals surface area contributed by atoms with Crippen molar-refractivity contribution in [3.8, 4) is 11.6 Å². The van der Waals surface area contributed by atoms with E-state index >= 15 is 0 Å². The van der Waals surface area contributed by atoms with Crippen LogP contribution in [0.3, 0.4) is 0 Å². The number of carbonyl (C=O) groups is 1. The topological polar surface area (TPSA) is 86.0 Å². The molecule has 0 aliphatic carbocycles. The van der Waals surface area contributed by atoms with E-state index in [0.717, 1.165) is 14.5 Å². The molecule has 0 aliphatic rings. The minimum absolute atomic E-state index is 0.209. The minimum atomic E-state index is -0.409. The molecule has 0 atom stereocenters. The van der Waals surface area contributed by atoms with Gasteiger partial charge in [-0.05, 0) is 61.6 Å². The number of carbonyl (C=O) groups excluding carboxylic acids is 1. The van der Waals surface area contributed by atoms with E-state index in [4.69, 9.17) is 14.0 Å². The number of hydrogen-bond donors (Lipinski definition) is 1. The highest BCUT2D eigenvalue weighted by Gasteiger charge is 2.07. The van der Waals surface area contributed by atoms with Gasteiger partial charge in [-0.1, -0.05) is 0 Å². The Balaban J connectivity index is 1.87. The van der Waals surface area contributed by atoms with Crippen molar-refractivity contribution in [1.29, 1.82) is 0 Å². The third kappa shape index (κ3) is 5.07. The van der Waals surface area contributed by atoms with Gasteiger partial charge in [0, 0.05) is 6.07 Å². The number of rotatable bonds is 6. The standard InChI is InChI=1S/C14H13Br2N3O4/c1-8-3-13(19-23-8)22-7-12(20)18-17-6-9-4-10(15)14(21-2)11(16)5-9/h3-6H,7H2,1-2H3,(H,18,20)/b17-6+. The molecule has 1 aromatic carbocycles. The molecule has 2 rings (SSSR count). The fourth-order valence-corrected chi connectivity index (χ4v) is 3.16. The monoisotopic (exact) mass is 445 g/mol. The Morgan fingerprint density at radius 2 is 2.09 bits per heavy atom. The molecule has 0 spiro atoms. The van der Waals surface area contributed by atoms with Gasteiger partial charge in [0.05, 0.1) is 22.3 Å². The van der Waals surface area contributed by atoms with Gasteiger partial charge in [-0.2, -0.15) is 5.10 Å². The zero-order chi connectivity index (χ0) is 16.8. The van der Waals surface area contributed by atoms with E-state index in [-0.39, 0.29) is 12.5 Å². The van der Waals surface area contributed by atoms with Crippen molar-refractivity contribution in [2.45, 2.75) is 6.92 Å². The summed E-state index contributed by atoms with van der Waals surface area (Å²) < 4.78 is 16.7. The maximum absolute atomic E-state index is 11.6. The van der Waals surface area contributed by atoms with Gasteiger partial charge in [0.15, 0.2) is 6.61 Å². The number of aromatic nitrogens is 1. The van der Waals surface area contributed by atoms with Crippen LogP contribution < -0.4 is 14.9 Å². The second-order valence-electron chi connectivity index (χ2n) is 4.38. The van der Waals surface area contributed by atoms with Crippen LogP contribution in [0.5, 0.6) is 11.6 Å². The molecule has 2 aromatic rings. The highest BCUT2D eigenvalue weighted by molar-refractivity contribution is 9.11. The van der Waals surface area contributed by atoms with Crippen molar-refractivity contribution in [1.82, 2.24) is 10.6 Å². The Morgan fingerprint density at radius 1 is 1.39 bits per heavy atom. The first-order valence-corrected chi connectivity index (χ1v) is 7.99. The molecule has 9 heteroatoms. The lowest BCUT2D eigenvalue weighted by Gasteiger charge is -2.06. The molecule has 0 saturated heterocycles. The summed E-state index contributed by atoms with van der Waals surface area (Å²) >= 11 is 6.78. The number of nitrogens with zero attached hydrogens (tertiary/aromatic N) is 2. The van der Waals surface area contributed by atoms with E-state index in [0.29, 0.717) is 11.5 Å². The summed E-state index contributed by atoms with van der Waals surface area (Å²) in [5, 5.41) is 7.48. The molecule has 1 aromatic heterocycles. The zero-order valence-corrected chi connectivity index (χ0v) is 15.5. The van der Waals surface area contributed by atoms with Gasteiger partial charge < -0.3 is 14.0 Å². The molecule has 7 nitrogen and oxygen atoms in total. The average Bonchev–Trinajstić information content (AvgIpc) is 2.90. The molecule has 0 unspecified atom stereocenters. The highest BCUT2D eigenvalue weighted by Crippen LogP contribution is 2.33. The Hall–Kier alpha value is -1.87. The van der Waals surface area contributed by atoms with Crippen LogP contribution in [0.2, 0.25) is 0 Å². The van der Waals surface area contributed by atoms with Gasteiger partial charge in [0.25, 0.3) is 11.8 Å². The lowest BCUT2D eigenvalue weighted by Crippen LogP contribution is -2.24. The van der Waals surface area contributed by atoms with Crippen LogP contribution in [-0.2, 0) is 4.79 Å². The largest absolute Gasteiger partial charge is 0.494 e. The fourth-order valence-electron chi connectivity index (χ4n) is 1.61. The molecule has 0 radical (unpaired) electrons. The van der Waals surface area contributed by atoms with Crippen molar-refractivity contribution in [2.24, 2.45) is 5.10 Å². The quantitative estimate of drug-likeness (QED) is 0.544. The van der Waals surface area contributed by atoms with Gasteiger partial charge in [-0.25, -0.2) is 5.43 Å². The van der Waals surface area contributed by atoms with Crippen LogP contribution in [0.15, 0.2) is 36.8 Å². The average molecular weight is 447 g/mol. The fraction of sp³-hybridized carbons (Fsp3) is 0.214. The van der Waals surface area contributed by atoms with E-state index in [1.165, 1.54) is 6.21 Å². The molecule has 0 saturated carbocycles. The molecule has 1 heterocycles. The number of methoxy groups -OCH3 is 1. The van der Waals surface area contributed by atoms with Crippen LogP contribution in [-0.4, -0.2) is 31.0 Å². The van der Waals surface area contributed by atoms with E-state index in [9.17, 15) is 4.79 Å². The Bertz CT molecular complexity index is 708. The first-order valence-electron chi connectivity index (χ1n) is 6.40. The molecular formula is C14H13Br2N3O4. The molecule has 0 bridgehead atoms. The predicted molar refractivity (Wildman–Crippen MR) is 90.9 cm³/mol. The normalized spacial score (nSPS) is 10.8. The third-order valence-electron chi connectivity index (χ3n) is 2.59. The van der Waals surface area contributed by atoms with Gasteiger partial charge in [0.1, 0.15) is 11.5 Å². The van der Waals surface area contributed by atoms with E-state index in [2.05, 4.69) is 47.5 Å². The lowest BCUT2D eigenvalue weighted by molar-refractivity contribution is -0.123. The Kier molecular flexibility index (Phi) is 6.17. The van der Waals surface area contributed by atoms with Gasteiger partial charge in [-0.15, -0.1) is 0 Å². The maximum atomic E-state index is 11.6. The number of hydrazone groups is 1. The first-order chi connectivity index (χ1) is 11.0. The van der Waals surface area contributed by atoms with E-state index < -0.39 is 5.91 Å². The van der Waals surface area contributed by atoms with Crippen molar-refractivity contribution in [3.63, 3.8) is 0 Å². The summed E-state index contributed by atoms with van der Waals surface area (Å²) in [5.74, 6) is 1.13. The second-order valence-corrected chi connectivity index (χ2v) is 6.08. The lowest BCUT2D eigenvalue weighted by atomic mass is 10.2. The highest BCUT2D eigenvalue weighted by atomic mass is 79.9. The van der Waals surface area contributed by atoms with Crippen LogP contribution in [0.4, 0.5) is 0 Å². The Labute approximate surface area is 149 Å². The SMILES string of the molecule is COc1c(Br)cc(/C=N/NC(=O)COc2cc(C)on2)cc1Br. The Morgan fingerprint density at radius 3 is 2.65 bits per heavy atom. The van der Waals surface area contributed by atoms with Crippen LogP contribution in [0.1, 0.15) is 11.3 Å². The number of nitrogens with one attached hydrogen (secondary N) is 1. The van der Waals surface area contributed by atoms with Crippen LogP contribution >= 0.6 is 31.9 Å². The summed E-state index contributed by atoms with van der Waals surface area (Å²) in [6, 6.07) is 5.21. The summed E-state index contributed by atoms with van der Waals surface area (Å²) in [6.45, 7) is 1.52. The van der Waals surface area contributed by atoms with Gasteiger partial charge in [0.2, 0.25) is 0 Å². The summed E-state index contributed by atoms with van der Waals surface area (Å²) in [6.07, 6.45) is 1.51. The number of aryl methyl sites for hydroxylation is 1. The summed E-state index contributed by atoms with van der Waals surface area (Å²) in [5.41, 5.74) is 3.14. The minimum Gasteiger partial charge on any atom is -0.494 e. The smallest absolute Gasteiger partial charge is 0.278 e. The van der Waals surface area contributed by atoms with Gasteiger partial charge in [-0.3, -0.25) is 4.79 Å². The number of benzene rings is 1.